The third-order valence-corrected chi connectivity index (χ3v) is 4.54. The summed E-state index contributed by atoms with van der Waals surface area (Å²) in [5.74, 6) is 0. The van der Waals surface area contributed by atoms with Gasteiger partial charge in [-0.3, -0.25) is 9.98 Å². The summed E-state index contributed by atoms with van der Waals surface area (Å²) in [6.45, 7) is 10.4. The van der Waals surface area contributed by atoms with Gasteiger partial charge in [0.1, 0.15) is 0 Å². The fraction of sp³-hybridized carbons (Fsp3) is 0.208. The molecule has 0 saturated heterocycles. The van der Waals surface area contributed by atoms with Gasteiger partial charge in [0, 0.05) is 18.6 Å². The smallest absolute Gasteiger partial charge is 0.0823 e. The largest absolute Gasteiger partial charge is 1.00 e. The molecule has 3 aromatic rings. The van der Waals surface area contributed by atoms with E-state index in [-0.39, 0.29) is 55.8 Å². The Morgan fingerprint density at radius 1 is 0.613 bits per heavy atom. The van der Waals surface area contributed by atoms with Crippen LogP contribution in [0.5, 0.6) is 0 Å². The van der Waals surface area contributed by atoms with Crippen molar-refractivity contribution in [3.63, 3.8) is 0 Å². The molecule has 31 heavy (non-hydrogen) atoms. The summed E-state index contributed by atoms with van der Waals surface area (Å²) in [5, 5.41) is 0. The fourth-order valence-electron chi connectivity index (χ4n) is 3.13. The Kier molecular flexibility index (Phi) is 14.7. The first-order chi connectivity index (χ1) is 12.9. The molecule has 165 valence electrons. The summed E-state index contributed by atoms with van der Waals surface area (Å²) in [6.07, 6.45) is 3.66. The van der Waals surface area contributed by atoms with Crippen molar-refractivity contribution in [2.45, 2.75) is 34.6 Å². The molecule has 7 heteroatoms. The molecule has 0 aliphatic heterocycles. The van der Waals surface area contributed by atoms with E-state index >= 15 is 0 Å². The van der Waals surface area contributed by atoms with Crippen LogP contribution in [0, 0.1) is 34.6 Å². The monoisotopic (exact) mass is 511 g/mol. The molecule has 0 fully saturated rings. The predicted molar refractivity (Wildman–Crippen MR) is 115 cm³/mol. The molecule has 0 unspecified atom stereocenters. The molecule has 0 atom stereocenters. The van der Waals surface area contributed by atoms with Gasteiger partial charge in [0.05, 0.1) is 35.2 Å². The minimum Gasteiger partial charge on any atom is -1.00 e. The van der Waals surface area contributed by atoms with Crippen molar-refractivity contribution < 1.29 is 55.8 Å². The number of hydrogen-bond donors (Lipinski definition) is 0. The molecule has 2 aromatic carbocycles. The molecule has 0 N–H and O–H groups in total. The van der Waals surface area contributed by atoms with Crippen LogP contribution in [0.2, 0.25) is 0 Å². The summed E-state index contributed by atoms with van der Waals surface area (Å²) in [5.41, 5.74) is 9.47. The van der Waals surface area contributed by atoms with E-state index in [1.165, 1.54) is 0 Å². The summed E-state index contributed by atoms with van der Waals surface area (Å²) < 4.78 is 0. The second kappa shape index (κ2) is 14.4. The van der Waals surface area contributed by atoms with Crippen molar-refractivity contribution in [3.05, 3.63) is 87.7 Å². The Hall–Kier alpha value is -1.62. The topological polar surface area (TPSA) is 37.6 Å². The second-order valence-corrected chi connectivity index (χ2v) is 6.99. The van der Waals surface area contributed by atoms with Crippen molar-refractivity contribution in [2.24, 2.45) is 9.98 Å². The van der Waals surface area contributed by atoms with Crippen LogP contribution in [0.4, 0.5) is 11.4 Å². The molecule has 1 radical (unpaired) electrons. The molecule has 0 aliphatic carbocycles. The van der Waals surface area contributed by atoms with E-state index < -0.39 is 0 Å². The molecular formula is C24H25Cl3N3V-3. The maximum Gasteiger partial charge on any atom is 0.0823 e. The summed E-state index contributed by atoms with van der Waals surface area (Å²) in [4.78, 5) is 14.0. The first-order valence-corrected chi connectivity index (χ1v) is 9.13. The van der Waals surface area contributed by atoms with Crippen molar-refractivity contribution >= 4 is 23.8 Å². The molecule has 3 nitrogen and oxygen atoms in total. The van der Waals surface area contributed by atoms with Crippen LogP contribution in [0.1, 0.15) is 39.2 Å². The molecule has 0 bridgehead atoms. The van der Waals surface area contributed by atoms with Crippen molar-refractivity contribution in [1.29, 1.82) is 0 Å². The number of aromatic nitrogens is 1. The third-order valence-electron chi connectivity index (χ3n) is 4.54. The Balaban J connectivity index is 0. The van der Waals surface area contributed by atoms with E-state index in [4.69, 9.17) is 0 Å². The van der Waals surface area contributed by atoms with Crippen LogP contribution in [0.15, 0.2) is 58.5 Å². The van der Waals surface area contributed by atoms with E-state index in [0.29, 0.717) is 0 Å². The Labute approximate surface area is 216 Å². The number of rotatable bonds is 4. The molecule has 0 amide bonds. The van der Waals surface area contributed by atoms with Crippen LogP contribution >= 0.6 is 0 Å². The molecule has 3 rings (SSSR count). The number of halogens is 3. The number of nitrogens with zero attached hydrogens (tertiary/aromatic N) is 3. The zero-order valence-corrected chi connectivity index (χ0v) is 21.9. The van der Waals surface area contributed by atoms with Crippen LogP contribution in [0.3, 0.4) is 0 Å². The third kappa shape index (κ3) is 8.44. The van der Waals surface area contributed by atoms with Gasteiger partial charge in [-0.25, -0.2) is 4.98 Å². The molecule has 0 spiro atoms. The number of aliphatic imine (C=N–C) groups is 2. The Bertz CT molecular complexity index is 930. The number of benzene rings is 2. The minimum absolute atomic E-state index is 0. The molecular weight excluding hydrogens is 488 g/mol. The van der Waals surface area contributed by atoms with Gasteiger partial charge in [-0.2, -0.15) is 0 Å². The van der Waals surface area contributed by atoms with Gasteiger partial charge in [0.15, 0.2) is 0 Å². The molecule has 1 heterocycles. The Morgan fingerprint density at radius 2 is 0.935 bits per heavy atom. The maximum atomic E-state index is 4.68. The number of aryl methyl sites for hydroxylation is 5. The van der Waals surface area contributed by atoms with Crippen LogP contribution < -0.4 is 37.2 Å². The fourth-order valence-corrected chi connectivity index (χ4v) is 3.13. The van der Waals surface area contributed by atoms with E-state index in [9.17, 15) is 0 Å². The maximum absolute atomic E-state index is 4.68. The van der Waals surface area contributed by atoms with E-state index in [2.05, 4.69) is 86.0 Å². The first-order valence-electron chi connectivity index (χ1n) is 9.13. The molecule has 1 aromatic heterocycles. The standard InChI is InChI=1S/C24H25N3.3ClH.V/c1-16-12-21(14-25-23-17(2)8-6-9-18(23)3)27-22(13-16)15-26-24-19(4)10-7-11-20(24)5;;;;/h6-15H,1-5H3;3*1H;/p-3. The summed E-state index contributed by atoms with van der Waals surface area (Å²) >= 11 is 0. The van der Waals surface area contributed by atoms with Crippen molar-refractivity contribution in [3.8, 4) is 0 Å². The van der Waals surface area contributed by atoms with Crippen LogP contribution in [0.25, 0.3) is 0 Å². The SMILES string of the molecule is Cc1cc(C=Nc2c(C)cccc2C)nc(C=Nc2c(C)cccc2C)c1.[Cl-].[Cl-].[Cl-].[V]. The summed E-state index contributed by atoms with van der Waals surface area (Å²) in [7, 11) is 0. The van der Waals surface area contributed by atoms with E-state index in [1.54, 1.807) is 0 Å². The molecule has 0 aliphatic rings. The Morgan fingerprint density at radius 3 is 1.26 bits per heavy atom. The molecule has 0 saturated carbocycles. The quantitative estimate of drug-likeness (QED) is 0.347. The van der Waals surface area contributed by atoms with Gasteiger partial charge in [-0.1, -0.05) is 36.4 Å². The zero-order chi connectivity index (χ0) is 19.4. The minimum atomic E-state index is 0. The van der Waals surface area contributed by atoms with Crippen molar-refractivity contribution in [1.82, 2.24) is 4.98 Å². The van der Waals surface area contributed by atoms with Gasteiger partial charge in [0.25, 0.3) is 0 Å². The average molecular weight is 513 g/mol. The zero-order valence-electron chi connectivity index (χ0n) is 18.2. The second-order valence-electron chi connectivity index (χ2n) is 6.99. The number of hydrogen-bond acceptors (Lipinski definition) is 3. The van der Waals surface area contributed by atoms with Gasteiger partial charge in [-0.15, -0.1) is 0 Å². The number of pyridine rings is 1. The van der Waals surface area contributed by atoms with E-state index in [1.807, 2.05) is 24.6 Å². The number of para-hydroxylation sites is 2. The summed E-state index contributed by atoms with van der Waals surface area (Å²) in [6, 6.07) is 16.5. The van der Waals surface area contributed by atoms with Gasteiger partial charge in [-0.05, 0) is 74.6 Å². The van der Waals surface area contributed by atoms with Gasteiger partial charge in [0.2, 0.25) is 0 Å². The van der Waals surface area contributed by atoms with Crippen LogP contribution in [-0.4, -0.2) is 17.4 Å². The van der Waals surface area contributed by atoms with E-state index in [0.717, 1.165) is 50.6 Å². The average Bonchev–Trinajstić information content (AvgIpc) is 2.60. The van der Waals surface area contributed by atoms with Crippen LogP contribution in [-0.2, 0) is 18.6 Å². The van der Waals surface area contributed by atoms with Gasteiger partial charge < -0.3 is 37.2 Å². The van der Waals surface area contributed by atoms with Gasteiger partial charge >= 0.3 is 0 Å². The van der Waals surface area contributed by atoms with Crippen molar-refractivity contribution in [2.75, 3.05) is 0 Å². The normalized spacial score (nSPS) is 10.1. The predicted octanol–water partition coefficient (Wildman–Crippen LogP) is -2.87. The first kappa shape index (κ1) is 31.6.